The lowest BCUT2D eigenvalue weighted by atomic mass is 10.2. The summed E-state index contributed by atoms with van der Waals surface area (Å²) in [7, 11) is 1.45. The summed E-state index contributed by atoms with van der Waals surface area (Å²) in [5.74, 6) is -0.140. The third-order valence-corrected chi connectivity index (χ3v) is 5.29. The number of rotatable bonds is 5. The van der Waals surface area contributed by atoms with Crippen LogP contribution in [-0.2, 0) is 0 Å². The normalized spacial score (nSPS) is 11.1. The van der Waals surface area contributed by atoms with E-state index in [9.17, 15) is 9.90 Å². The number of carbonyl (C=O) groups excluding carboxylic acids is 1. The fourth-order valence-corrected chi connectivity index (χ4v) is 3.67. The highest BCUT2D eigenvalue weighted by atomic mass is 79.9. The Bertz CT molecular complexity index is 1090. The minimum absolute atomic E-state index is 0.00581. The molecule has 29 heavy (non-hydrogen) atoms. The highest BCUT2D eigenvalue weighted by Crippen LogP contribution is 2.34. The molecule has 0 fully saturated rings. The first kappa shape index (κ1) is 21.0. The van der Waals surface area contributed by atoms with E-state index in [1.807, 2.05) is 32.0 Å². The van der Waals surface area contributed by atoms with Crippen LogP contribution in [0.3, 0.4) is 0 Å². The molecule has 0 bridgehead atoms. The number of nitrogens with one attached hydrogen (secondary N) is 1. The van der Waals surface area contributed by atoms with Gasteiger partial charge in [0.2, 0.25) is 0 Å². The molecule has 0 aliphatic rings. The van der Waals surface area contributed by atoms with Crippen LogP contribution in [0, 0.1) is 13.8 Å². The van der Waals surface area contributed by atoms with Crippen LogP contribution in [0.4, 0.5) is 0 Å². The summed E-state index contributed by atoms with van der Waals surface area (Å²) < 4.78 is 7.60. The van der Waals surface area contributed by atoms with E-state index >= 15 is 0 Å². The van der Waals surface area contributed by atoms with Crippen molar-refractivity contribution >= 4 is 39.7 Å². The minimum Gasteiger partial charge on any atom is -0.503 e. The summed E-state index contributed by atoms with van der Waals surface area (Å²) in [6.07, 6.45) is 1.44. The minimum atomic E-state index is -0.427. The predicted molar refractivity (Wildman–Crippen MR) is 118 cm³/mol. The first-order valence-electron chi connectivity index (χ1n) is 8.66. The van der Waals surface area contributed by atoms with E-state index in [1.54, 1.807) is 24.3 Å². The average molecular weight is 477 g/mol. The number of hydrazone groups is 1. The molecule has 3 aromatic rings. The Morgan fingerprint density at radius 2 is 1.90 bits per heavy atom. The molecule has 0 radical (unpaired) electrons. The first-order chi connectivity index (χ1) is 13.8. The van der Waals surface area contributed by atoms with Crippen LogP contribution in [0.5, 0.6) is 11.5 Å². The van der Waals surface area contributed by atoms with Crippen LogP contribution in [-0.4, -0.2) is 28.9 Å². The number of aryl methyl sites for hydroxylation is 2. The standard InChI is InChI=1S/C21H19BrClN3O3/c1-12-4-5-13(2)26(12)15-6-7-16(18(23)10-15)21(28)25-24-11-14-8-17(22)20(27)19(9-14)29-3/h4-11,27H,1-3H3,(H,25,28)/b24-11-. The molecule has 1 heterocycles. The summed E-state index contributed by atoms with van der Waals surface area (Å²) in [6, 6.07) is 12.6. The van der Waals surface area contributed by atoms with Crippen molar-refractivity contribution in [1.82, 2.24) is 9.99 Å². The van der Waals surface area contributed by atoms with Crippen molar-refractivity contribution in [2.75, 3.05) is 7.11 Å². The zero-order valence-electron chi connectivity index (χ0n) is 16.0. The van der Waals surface area contributed by atoms with Gasteiger partial charge >= 0.3 is 0 Å². The molecule has 0 spiro atoms. The van der Waals surface area contributed by atoms with Crippen molar-refractivity contribution in [2.45, 2.75) is 13.8 Å². The van der Waals surface area contributed by atoms with Gasteiger partial charge in [-0.05, 0) is 77.8 Å². The van der Waals surface area contributed by atoms with Crippen molar-refractivity contribution < 1.29 is 14.6 Å². The third kappa shape index (κ3) is 4.46. The van der Waals surface area contributed by atoms with Crippen LogP contribution in [0.25, 0.3) is 5.69 Å². The molecule has 0 aliphatic heterocycles. The number of amides is 1. The molecule has 1 amide bonds. The number of aromatic nitrogens is 1. The molecular weight excluding hydrogens is 458 g/mol. The summed E-state index contributed by atoms with van der Waals surface area (Å²) in [5, 5.41) is 14.1. The number of halogens is 2. The number of hydrogen-bond acceptors (Lipinski definition) is 4. The number of carbonyl (C=O) groups is 1. The number of methoxy groups -OCH3 is 1. The van der Waals surface area contributed by atoms with Crippen LogP contribution in [0.15, 0.2) is 52.0 Å². The molecule has 0 atom stereocenters. The van der Waals surface area contributed by atoms with E-state index in [0.29, 0.717) is 26.4 Å². The lowest BCUT2D eigenvalue weighted by Gasteiger charge is -2.11. The molecule has 150 valence electrons. The molecule has 0 saturated carbocycles. The molecule has 2 aromatic carbocycles. The summed E-state index contributed by atoms with van der Waals surface area (Å²) >= 11 is 9.58. The van der Waals surface area contributed by atoms with Crippen molar-refractivity contribution in [3.63, 3.8) is 0 Å². The smallest absolute Gasteiger partial charge is 0.272 e. The summed E-state index contributed by atoms with van der Waals surface area (Å²) in [6.45, 7) is 4.01. The van der Waals surface area contributed by atoms with Gasteiger partial charge in [0.1, 0.15) is 0 Å². The Morgan fingerprint density at radius 3 is 2.52 bits per heavy atom. The van der Waals surface area contributed by atoms with E-state index in [1.165, 1.54) is 13.3 Å². The zero-order chi connectivity index (χ0) is 21.1. The molecule has 2 N–H and O–H groups in total. The van der Waals surface area contributed by atoms with Crippen molar-refractivity contribution in [3.05, 3.63) is 74.5 Å². The van der Waals surface area contributed by atoms with Gasteiger partial charge in [-0.3, -0.25) is 4.79 Å². The van der Waals surface area contributed by atoms with Gasteiger partial charge < -0.3 is 14.4 Å². The monoisotopic (exact) mass is 475 g/mol. The van der Waals surface area contributed by atoms with Crippen LogP contribution in [0.2, 0.25) is 5.02 Å². The van der Waals surface area contributed by atoms with Crippen molar-refractivity contribution in [1.29, 1.82) is 0 Å². The summed E-state index contributed by atoms with van der Waals surface area (Å²) in [5.41, 5.74) is 6.45. The predicted octanol–water partition coefficient (Wildman–Crippen LogP) is 4.99. The molecule has 8 heteroatoms. The Kier molecular flexibility index (Phi) is 6.30. The SMILES string of the molecule is COc1cc(/C=N\NC(=O)c2ccc(-n3c(C)ccc3C)cc2Cl)cc(Br)c1O. The maximum atomic E-state index is 12.4. The third-order valence-electron chi connectivity index (χ3n) is 4.38. The largest absolute Gasteiger partial charge is 0.503 e. The number of phenols is 1. The molecule has 3 rings (SSSR count). The van der Waals surface area contributed by atoms with Crippen molar-refractivity contribution in [2.24, 2.45) is 5.10 Å². The highest BCUT2D eigenvalue weighted by Gasteiger charge is 2.13. The Morgan fingerprint density at radius 1 is 1.21 bits per heavy atom. The quantitative estimate of drug-likeness (QED) is 0.402. The lowest BCUT2D eigenvalue weighted by molar-refractivity contribution is 0.0955. The molecule has 6 nitrogen and oxygen atoms in total. The van der Waals surface area contributed by atoms with Gasteiger partial charge in [-0.15, -0.1) is 0 Å². The second-order valence-electron chi connectivity index (χ2n) is 6.37. The van der Waals surface area contributed by atoms with Crippen LogP contribution >= 0.6 is 27.5 Å². The Labute approximate surface area is 181 Å². The van der Waals surface area contributed by atoms with Gasteiger partial charge in [0.15, 0.2) is 11.5 Å². The second-order valence-corrected chi connectivity index (χ2v) is 7.63. The van der Waals surface area contributed by atoms with E-state index in [4.69, 9.17) is 16.3 Å². The maximum Gasteiger partial charge on any atom is 0.272 e. The van der Waals surface area contributed by atoms with Gasteiger partial charge in [0, 0.05) is 17.1 Å². The fourth-order valence-electron chi connectivity index (χ4n) is 2.95. The first-order valence-corrected chi connectivity index (χ1v) is 9.83. The lowest BCUT2D eigenvalue weighted by Crippen LogP contribution is -2.18. The number of benzene rings is 2. The van der Waals surface area contributed by atoms with Gasteiger partial charge in [0.05, 0.1) is 28.4 Å². The summed E-state index contributed by atoms with van der Waals surface area (Å²) in [4.78, 5) is 12.4. The highest BCUT2D eigenvalue weighted by molar-refractivity contribution is 9.10. The van der Waals surface area contributed by atoms with E-state index in [2.05, 4.69) is 31.0 Å². The van der Waals surface area contributed by atoms with Gasteiger partial charge in [0.25, 0.3) is 5.91 Å². The second kappa shape index (κ2) is 8.71. The van der Waals surface area contributed by atoms with Gasteiger partial charge in [-0.1, -0.05) is 11.6 Å². The number of ether oxygens (including phenoxy) is 1. The zero-order valence-corrected chi connectivity index (χ0v) is 18.4. The number of aromatic hydroxyl groups is 1. The van der Waals surface area contributed by atoms with E-state index < -0.39 is 5.91 Å². The molecular formula is C21H19BrClN3O3. The topological polar surface area (TPSA) is 75.8 Å². The van der Waals surface area contributed by atoms with Crippen molar-refractivity contribution in [3.8, 4) is 17.2 Å². The molecule has 0 aliphatic carbocycles. The molecule has 1 aromatic heterocycles. The maximum absolute atomic E-state index is 12.4. The molecule has 0 unspecified atom stereocenters. The fraction of sp³-hybridized carbons (Fsp3) is 0.143. The van der Waals surface area contributed by atoms with E-state index in [-0.39, 0.29) is 5.75 Å². The van der Waals surface area contributed by atoms with Gasteiger partial charge in [-0.2, -0.15) is 5.10 Å². The van der Waals surface area contributed by atoms with Crippen LogP contribution in [0.1, 0.15) is 27.3 Å². The van der Waals surface area contributed by atoms with Crippen LogP contribution < -0.4 is 10.2 Å². The number of phenolic OH excluding ortho intramolecular Hbond substituents is 1. The molecule has 0 saturated heterocycles. The Balaban J connectivity index is 1.76. The Hall–Kier alpha value is -2.77. The number of hydrogen-bond donors (Lipinski definition) is 2. The average Bonchev–Trinajstić information content (AvgIpc) is 3.02. The van der Waals surface area contributed by atoms with E-state index in [0.717, 1.165) is 17.1 Å². The number of nitrogens with zero attached hydrogens (tertiary/aromatic N) is 2. The van der Waals surface area contributed by atoms with Gasteiger partial charge in [-0.25, -0.2) is 5.43 Å².